The van der Waals surface area contributed by atoms with Gasteiger partial charge in [0, 0.05) is 18.1 Å². The van der Waals surface area contributed by atoms with Crippen LogP contribution in [0.5, 0.6) is 17.2 Å². The molecule has 0 amide bonds. The summed E-state index contributed by atoms with van der Waals surface area (Å²) in [7, 11) is 3.14. The zero-order chi connectivity index (χ0) is 12.8. The minimum atomic E-state index is 0.0796. The first-order valence-corrected chi connectivity index (χ1v) is 5.49. The molecule has 4 nitrogen and oxygen atoms in total. The Bertz CT molecular complexity index is 399. The third-order valence-electron chi connectivity index (χ3n) is 2.31. The maximum Gasteiger partial charge on any atom is 0.164 e. The van der Waals surface area contributed by atoms with Crippen LogP contribution in [0.1, 0.15) is 19.4 Å². The Hall–Kier alpha value is -1.71. The largest absolute Gasteiger partial charge is 0.496 e. The smallest absolute Gasteiger partial charge is 0.164 e. The molecular weight excluding hydrogens is 220 g/mol. The lowest BCUT2D eigenvalue weighted by Crippen LogP contribution is -2.02. The van der Waals surface area contributed by atoms with E-state index in [0.717, 1.165) is 5.56 Å². The van der Waals surface area contributed by atoms with Gasteiger partial charge in [0.25, 0.3) is 0 Å². The van der Waals surface area contributed by atoms with Crippen LogP contribution in [0, 0.1) is 0 Å². The molecule has 0 bridgehead atoms. The molecule has 0 fully saturated rings. The number of carbonyl (C=O) groups is 1. The summed E-state index contributed by atoms with van der Waals surface area (Å²) in [6.07, 6.45) is 0.327. The van der Waals surface area contributed by atoms with E-state index in [2.05, 4.69) is 0 Å². The van der Waals surface area contributed by atoms with E-state index in [9.17, 15) is 4.79 Å². The van der Waals surface area contributed by atoms with E-state index in [0.29, 0.717) is 30.3 Å². The predicted molar refractivity (Wildman–Crippen MR) is 65.1 cm³/mol. The number of hydrogen-bond acceptors (Lipinski definition) is 4. The van der Waals surface area contributed by atoms with Gasteiger partial charge in [0.15, 0.2) is 11.5 Å². The Morgan fingerprint density at radius 1 is 1.12 bits per heavy atom. The van der Waals surface area contributed by atoms with Crippen LogP contribution < -0.4 is 14.2 Å². The van der Waals surface area contributed by atoms with Gasteiger partial charge in [-0.1, -0.05) is 0 Å². The molecule has 0 atom stereocenters. The summed E-state index contributed by atoms with van der Waals surface area (Å²) in [4.78, 5) is 11.2. The molecule has 0 aliphatic heterocycles. The quantitative estimate of drug-likeness (QED) is 0.762. The van der Waals surface area contributed by atoms with Crippen LogP contribution in [0.4, 0.5) is 0 Å². The summed E-state index contributed by atoms with van der Waals surface area (Å²) in [5, 5.41) is 0. The van der Waals surface area contributed by atoms with Crippen LogP contribution in [-0.2, 0) is 11.2 Å². The van der Waals surface area contributed by atoms with Gasteiger partial charge in [-0.3, -0.25) is 4.79 Å². The van der Waals surface area contributed by atoms with Gasteiger partial charge in [-0.25, -0.2) is 0 Å². The molecule has 1 aromatic carbocycles. The number of ketones is 1. The van der Waals surface area contributed by atoms with Crippen molar-refractivity contribution in [3.8, 4) is 17.2 Å². The second-order valence-electron chi connectivity index (χ2n) is 3.63. The highest BCUT2D eigenvalue weighted by molar-refractivity contribution is 5.79. The number of rotatable bonds is 6. The maximum absolute atomic E-state index is 11.2. The minimum absolute atomic E-state index is 0.0796. The van der Waals surface area contributed by atoms with Crippen LogP contribution >= 0.6 is 0 Å². The Labute approximate surface area is 101 Å². The zero-order valence-corrected chi connectivity index (χ0v) is 10.7. The van der Waals surface area contributed by atoms with E-state index < -0.39 is 0 Å². The fourth-order valence-corrected chi connectivity index (χ4v) is 1.61. The number of ether oxygens (including phenoxy) is 3. The SMILES string of the molecule is CCOc1cc(CC(C)=O)c(OC)cc1OC. The van der Waals surface area contributed by atoms with Crippen LogP contribution in [0.15, 0.2) is 12.1 Å². The van der Waals surface area contributed by atoms with Crippen molar-refractivity contribution in [2.45, 2.75) is 20.3 Å². The lowest BCUT2D eigenvalue weighted by molar-refractivity contribution is -0.116. The molecule has 0 aromatic heterocycles. The average molecular weight is 238 g/mol. The fraction of sp³-hybridized carbons (Fsp3) is 0.462. The Kier molecular flexibility index (Phi) is 4.82. The number of carbonyl (C=O) groups excluding carboxylic acids is 1. The molecule has 1 rings (SSSR count). The average Bonchev–Trinajstić information content (AvgIpc) is 2.29. The van der Waals surface area contributed by atoms with E-state index in [1.165, 1.54) is 0 Å². The normalized spacial score (nSPS) is 9.88. The van der Waals surface area contributed by atoms with E-state index >= 15 is 0 Å². The van der Waals surface area contributed by atoms with E-state index in [-0.39, 0.29) is 5.78 Å². The Morgan fingerprint density at radius 2 is 1.76 bits per heavy atom. The predicted octanol–water partition coefficient (Wildman–Crippen LogP) is 2.23. The topological polar surface area (TPSA) is 44.8 Å². The summed E-state index contributed by atoms with van der Waals surface area (Å²) in [5.74, 6) is 1.96. The minimum Gasteiger partial charge on any atom is -0.496 e. The summed E-state index contributed by atoms with van der Waals surface area (Å²) >= 11 is 0. The molecule has 0 aliphatic rings. The summed E-state index contributed by atoms with van der Waals surface area (Å²) < 4.78 is 15.9. The van der Waals surface area contributed by atoms with Crippen molar-refractivity contribution < 1.29 is 19.0 Å². The molecule has 0 aliphatic carbocycles. The third kappa shape index (κ3) is 3.37. The third-order valence-corrected chi connectivity index (χ3v) is 2.31. The summed E-state index contributed by atoms with van der Waals surface area (Å²) in [6.45, 7) is 3.99. The lowest BCUT2D eigenvalue weighted by atomic mass is 10.1. The molecule has 94 valence electrons. The monoisotopic (exact) mass is 238 g/mol. The molecule has 0 radical (unpaired) electrons. The van der Waals surface area contributed by atoms with Crippen molar-refractivity contribution >= 4 is 5.78 Å². The molecule has 1 aromatic rings. The van der Waals surface area contributed by atoms with Crippen LogP contribution in [-0.4, -0.2) is 26.6 Å². The number of Topliss-reactive ketones (excluding diaryl/α,β-unsaturated/α-hetero) is 1. The maximum atomic E-state index is 11.2. The van der Waals surface area contributed by atoms with Gasteiger partial charge >= 0.3 is 0 Å². The van der Waals surface area contributed by atoms with Gasteiger partial charge in [-0.05, 0) is 19.9 Å². The summed E-state index contributed by atoms with van der Waals surface area (Å²) in [5.41, 5.74) is 0.809. The number of methoxy groups -OCH3 is 2. The first-order valence-electron chi connectivity index (χ1n) is 5.49. The molecule has 4 heteroatoms. The van der Waals surface area contributed by atoms with Crippen LogP contribution in [0.2, 0.25) is 0 Å². The van der Waals surface area contributed by atoms with Crippen molar-refractivity contribution in [1.29, 1.82) is 0 Å². The second-order valence-corrected chi connectivity index (χ2v) is 3.63. The highest BCUT2D eigenvalue weighted by Crippen LogP contribution is 2.35. The fourth-order valence-electron chi connectivity index (χ4n) is 1.61. The first kappa shape index (κ1) is 13.4. The molecular formula is C13H18O4. The molecule has 0 unspecified atom stereocenters. The Balaban J connectivity index is 3.18. The molecule has 0 saturated heterocycles. The van der Waals surface area contributed by atoms with Gasteiger partial charge < -0.3 is 14.2 Å². The lowest BCUT2D eigenvalue weighted by Gasteiger charge is -2.14. The summed E-state index contributed by atoms with van der Waals surface area (Å²) in [6, 6.07) is 3.53. The standard InChI is InChI=1S/C13H18O4/c1-5-17-13-7-10(6-9(2)14)11(15-3)8-12(13)16-4/h7-8H,5-6H2,1-4H3. The van der Waals surface area contributed by atoms with E-state index in [1.807, 2.05) is 6.92 Å². The van der Waals surface area contributed by atoms with Gasteiger partial charge in [0.05, 0.1) is 20.8 Å². The molecule has 0 heterocycles. The highest BCUT2D eigenvalue weighted by atomic mass is 16.5. The number of hydrogen-bond donors (Lipinski definition) is 0. The van der Waals surface area contributed by atoms with Crippen molar-refractivity contribution in [1.82, 2.24) is 0 Å². The van der Waals surface area contributed by atoms with Gasteiger partial charge in [0.1, 0.15) is 11.5 Å². The zero-order valence-electron chi connectivity index (χ0n) is 10.7. The molecule has 0 spiro atoms. The van der Waals surface area contributed by atoms with E-state index in [1.54, 1.807) is 33.3 Å². The first-order chi connectivity index (χ1) is 8.12. The van der Waals surface area contributed by atoms with Gasteiger partial charge in [-0.2, -0.15) is 0 Å². The van der Waals surface area contributed by atoms with Crippen LogP contribution in [0.3, 0.4) is 0 Å². The van der Waals surface area contributed by atoms with Gasteiger partial charge in [0.2, 0.25) is 0 Å². The van der Waals surface area contributed by atoms with Crippen molar-refractivity contribution in [2.24, 2.45) is 0 Å². The highest BCUT2D eigenvalue weighted by Gasteiger charge is 2.13. The Morgan fingerprint density at radius 3 is 2.24 bits per heavy atom. The van der Waals surface area contributed by atoms with Crippen LogP contribution in [0.25, 0.3) is 0 Å². The van der Waals surface area contributed by atoms with Gasteiger partial charge in [-0.15, -0.1) is 0 Å². The van der Waals surface area contributed by atoms with Crippen molar-refractivity contribution in [2.75, 3.05) is 20.8 Å². The van der Waals surface area contributed by atoms with Crippen molar-refractivity contribution in [3.63, 3.8) is 0 Å². The molecule has 0 saturated carbocycles. The molecule has 17 heavy (non-hydrogen) atoms. The van der Waals surface area contributed by atoms with Crippen molar-refractivity contribution in [3.05, 3.63) is 17.7 Å². The van der Waals surface area contributed by atoms with E-state index in [4.69, 9.17) is 14.2 Å². The number of benzene rings is 1. The molecule has 0 N–H and O–H groups in total. The second kappa shape index (κ2) is 6.13.